The molecule has 0 radical (unpaired) electrons. The van der Waals surface area contributed by atoms with E-state index in [9.17, 15) is 14.7 Å². The number of nitrogens with one attached hydrogen (secondary N) is 1. The molecule has 0 unspecified atom stereocenters. The summed E-state index contributed by atoms with van der Waals surface area (Å²) in [5, 5.41) is 20.8. The zero-order valence-electron chi connectivity index (χ0n) is 21.6. The highest BCUT2D eigenvalue weighted by Crippen LogP contribution is 2.32. The summed E-state index contributed by atoms with van der Waals surface area (Å²) in [5.74, 6) is -0.554. The summed E-state index contributed by atoms with van der Waals surface area (Å²) in [7, 11) is 1.73. The molecule has 0 bridgehead atoms. The maximum atomic E-state index is 12.4. The first kappa shape index (κ1) is 27.3. The Hall–Kier alpha value is -3.73. The van der Waals surface area contributed by atoms with E-state index in [0.29, 0.717) is 47.1 Å². The van der Waals surface area contributed by atoms with E-state index in [1.54, 1.807) is 49.1 Å². The number of aliphatic carboxylic acids is 1. The van der Waals surface area contributed by atoms with Crippen molar-refractivity contribution in [1.29, 1.82) is 0 Å². The van der Waals surface area contributed by atoms with Crippen molar-refractivity contribution in [3.05, 3.63) is 52.6 Å². The van der Waals surface area contributed by atoms with Crippen molar-refractivity contribution < 1.29 is 24.2 Å². The molecular weight excluding hydrogens is 512 g/mol. The zero-order chi connectivity index (χ0) is 27.2. The van der Waals surface area contributed by atoms with E-state index in [1.807, 2.05) is 6.92 Å². The number of pyridine rings is 2. The highest BCUT2D eigenvalue weighted by Gasteiger charge is 2.31. The van der Waals surface area contributed by atoms with E-state index in [-0.39, 0.29) is 23.5 Å². The summed E-state index contributed by atoms with van der Waals surface area (Å²) in [6.45, 7) is 3.99. The second-order valence-corrected chi connectivity index (χ2v) is 9.73. The molecule has 0 saturated heterocycles. The fourth-order valence-electron chi connectivity index (χ4n) is 4.66. The predicted molar refractivity (Wildman–Crippen MR) is 139 cm³/mol. The van der Waals surface area contributed by atoms with E-state index in [4.69, 9.17) is 21.1 Å². The molecule has 202 valence electrons. The summed E-state index contributed by atoms with van der Waals surface area (Å²) < 4.78 is 13.0. The molecule has 3 heterocycles. The van der Waals surface area contributed by atoms with Gasteiger partial charge in [0.15, 0.2) is 0 Å². The Labute approximate surface area is 225 Å². The minimum Gasteiger partial charge on any atom is -0.491 e. The molecule has 38 heavy (non-hydrogen) atoms. The van der Waals surface area contributed by atoms with Crippen LogP contribution in [0.2, 0.25) is 5.15 Å². The SMILES string of the molecule is Cc1nc(-c2nnn(C)c2CNC(=O)O[C@H](C)c2cccnc2Cl)ccc1OC[C@H]1CCCC[C@@H]1C(=O)O. The number of nitrogens with zero attached hydrogens (tertiary/aromatic N) is 5. The number of carboxylic acid groups (broad SMARTS) is 1. The molecule has 2 N–H and O–H groups in total. The minimum absolute atomic E-state index is 0.0188. The van der Waals surface area contributed by atoms with E-state index in [0.717, 1.165) is 19.3 Å². The van der Waals surface area contributed by atoms with Crippen molar-refractivity contribution in [2.45, 2.75) is 52.2 Å². The first-order chi connectivity index (χ1) is 18.2. The van der Waals surface area contributed by atoms with Crippen LogP contribution in [-0.4, -0.2) is 48.7 Å². The lowest BCUT2D eigenvalue weighted by Crippen LogP contribution is -2.31. The Morgan fingerprint density at radius 2 is 2.05 bits per heavy atom. The van der Waals surface area contributed by atoms with Gasteiger partial charge in [-0.25, -0.2) is 19.4 Å². The van der Waals surface area contributed by atoms with Crippen LogP contribution in [0.15, 0.2) is 30.5 Å². The van der Waals surface area contributed by atoms with Crippen LogP contribution in [0.1, 0.15) is 55.7 Å². The van der Waals surface area contributed by atoms with Crippen LogP contribution in [0.3, 0.4) is 0 Å². The van der Waals surface area contributed by atoms with Gasteiger partial charge in [0.05, 0.1) is 36.2 Å². The highest BCUT2D eigenvalue weighted by molar-refractivity contribution is 6.30. The molecule has 1 fully saturated rings. The summed E-state index contributed by atoms with van der Waals surface area (Å²) in [4.78, 5) is 32.7. The molecule has 0 aromatic carbocycles. The largest absolute Gasteiger partial charge is 0.491 e. The van der Waals surface area contributed by atoms with Gasteiger partial charge >= 0.3 is 12.1 Å². The van der Waals surface area contributed by atoms with Crippen LogP contribution >= 0.6 is 11.6 Å². The van der Waals surface area contributed by atoms with Gasteiger partial charge in [0, 0.05) is 24.7 Å². The molecule has 1 aliphatic rings. The number of alkyl carbamates (subject to hydrolysis) is 1. The third-order valence-electron chi connectivity index (χ3n) is 6.81. The molecule has 3 aromatic rings. The van der Waals surface area contributed by atoms with Crippen LogP contribution in [0.5, 0.6) is 5.75 Å². The third kappa shape index (κ3) is 6.39. The van der Waals surface area contributed by atoms with Crippen molar-refractivity contribution in [2.75, 3.05) is 6.61 Å². The van der Waals surface area contributed by atoms with E-state index >= 15 is 0 Å². The van der Waals surface area contributed by atoms with Gasteiger partial charge < -0.3 is 19.9 Å². The Bertz CT molecular complexity index is 1300. The fraction of sp³-hybridized carbons (Fsp3) is 0.462. The van der Waals surface area contributed by atoms with Crippen molar-refractivity contribution in [2.24, 2.45) is 18.9 Å². The second-order valence-electron chi connectivity index (χ2n) is 9.37. The molecule has 0 spiro atoms. The molecule has 11 nitrogen and oxygen atoms in total. The average Bonchev–Trinajstić information content (AvgIpc) is 3.27. The molecule has 1 amide bonds. The topological polar surface area (TPSA) is 141 Å². The van der Waals surface area contributed by atoms with Crippen molar-refractivity contribution >= 4 is 23.7 Å². The number of aromatic nitrogens is 5. The lowest BCUT2D eigenvalue weighted by Gasteiger charge is -2.28. The number of amides is 1. The quantitative estimate of drug-likeness (QED) is 0.374. The number of halogens is 1. The standard InChI is InChI=1S/C26H31ClN6O5/c1-15-22(37-14-17-7-4-5-8-19(17)25(34)35)11-10-20(30-15)23-21(33(3)32-31-23)13-29-26(36)38-16(2)18-9-6-12-28-24(18)27/h6,9-12,16-17,19H,4-5,7-8,13-14H2,1-3H3,(H,29,36)(H,34,35)/t16-,17-,19+/m1/s1. The maximum absolute atomic E-state index is 12.4. The number of rotatable bonds is 9. The second kappa shape index (κ2) is 12.2. The lowest BCUT2D eigenvalue weighted by molar-refractivity contribution is -0.145. The van der Waals surface area contributed by atoms with Crippen molar-refractivity contribution in [1.82, 2.24) is 30.3 Å². The summed E-state index contributed by atoms with van der Waals surface area (Å²) in [6.07, 6.45) is 3.83. The predicted octanol–water partition coefficient (Wildman–Crippen LogP) is 4.49. The lowest BCUT2D eigenvalue weighted by atomic mass is 9.80. The van der Waals surface area contributed by atoms with Crippen LogP contribution in [0.4, 0.5) is 4.79 Å². The van der Waals surface area contributed by atoms with Crippen molar-refractivity contribution in [3.8, 4) is 17.1 Å². The molecule has 12 heteroatoms. The Balaban J connectivity index is 1.39. The molecule has 3 atom stereocenters. The Morgan fingerprint density at radius 3 is 2.79 bits per heavy atom. The van der Waals surface area contributed by atoms with Crippen LogP contribution in [0.25, 0.3) is 11.4 Å². The van der Waals surface area contributed by atoms with Gasteiger partial charge in [-0.05, 0) is 44.9 Å². The molecule has 1 saturated carbocycles. The molecule has 3 aromatic heterocycles. The number of hydrogen-bond donors (Lipinski definition) is 2. The molecular formula is C26H31ClN6O5. The average molecular weight is 543 g/mol. The first-order valence-corrected chi connectivity index (χ1v) is 12.9. The third-order valence-corrected chi connectivity index (χ3v) is 7.13. The Morgan fingerprint density at radius 1 is 1.26 bits per heavy atom. The minimum atomic E-state index is -0.758. The van der Waals surface area contributed by atoms with Crippen LogP contribution in [-0.2, 0) is 23.1 Å². The van der Waals surface area contributed by atoms with E-state index in [2.05, 4.69) is 25.6 Å². The van der Waals surface area contributed by atoms with Gasteiger partial charge in [0.25, 0.3) is 0 Å². The molecule has 1 aliphatic carbocycles. The summed E-state index contributed by atoms with van der Waals surface area (Å²) in [5.41, 5.74) is 2.99. The molecule has 0 aliphatic heterocycles. The van der Waals surface area contributed by atoms with Crippen LogP contribution in [0, 0.1) is 18.8 Å². The summed E-state index contributed by atoms with van der Waals surface area (Å²) in [6, 6.07) is 7.05. The Kier molecular flexibility index (Phi) is 8.77. The number of carbonyl (C=O) groups is 2. The fourth-order valence-corrected chi connectivity index (χ4v) is 4.93. The van der Waals surface area contributed by atoms with Gasteiger partial charge in [-0.1, -0.05) is 35.7 Å². The van der Waals surface area contributed by atoms with Crippen LogP contribution < -0.4 is 10.1 Å². The smallest absolute Gasteiger partial charge is 0.408 e. The van der Waals surface area contributed by atoms with Gasteiger partial charge in [0.1, 0.15) is 22.7 Å². The summed E-state index contributed by atoms with van der Waals surface area (Å²) >= 11 is 6.09. The number of ether oxygens (including phenoxy) is 2. The normalized spacial score (nSPS) is 18.0. The number of aryl methyl sites for hydroxylation is 2. The van der Waals surface area contributed by atoms with E-state index < -0.39 is 18.2 Å². The first-order valence-electron chi connectivity index (χ1n) is 12.5. The molecule has 4 rings (SSSR count). The number of hydrogen-bond acceptors (Lipinski definition) is 8. The van der Waals surface area contributed by atoms with Gasteiger partial charge in [0.2, 0.25) is 0 Å². The maximum Gasteiger partial charge on any atom is 0.408 e. The number of carbonyl (C=O) groups excluding carboxylic acids is 1. The monoisotopic (exact) mass is 542 g/mol. The van der Waals surface area contributed by atoms with Gasteiger partial charge in [-0.15, -0.1) is 5.10 Å². The zero-order valence-corrected chi connectivity index (χ0v) is 22.3. The number of carboxylic acids is 1. The highest BCUT2D eigenvalue weighted by atomic mass is 35.5. The van der Waals surface area contributed by atoms with Crippen molar-refractivity contribution in [3.63, 3.8) is 0 Å². The van der Waals surface area contributed by atoms with E-state index in [1.165, 1.54) is 0 Å². The van der Waals surface area contributed by atoms with Gasteiger partial charge in [-0.3, -0.25) is 4.79 Å². The van der Waals surface area contributed by atoms with Gasteiger partial charge in [-0.2, -0.15) is 0 Å².